The molecule has 1 rings (SSSR count). The van der Waals surface area contributed by atoms with Crippen molar-refractivity contribution in [3.63, 3.8) is 0 Å². The minimum atomic E-state index is -1.34. The van der Waals surface area contributed by atoms with E-state index in [1.165, 1.54) is 21.1 Å². The molecule has 0 fully saturated rings. The van der Waals surface area contributed by atoms with Crippen LogP contribution in [-0.4, -0.2) is 49.1 Å². The second-order valence-corrected chi connectivity index (χ2v) is 4.41. The van der Waals surface area contributed by atoms with Crippen LogP contribution >= 0.6 is 0 Å². The quantitative estimate of drug-likeness (QED) is 0.685. The van der Waals surface area contributed by atoms with E-state index in [2.05, 4.69) is 5.32 Å². The van der Waals surface area contributed by atoms with Crippen molar-refractivity contribution in [3.8, 4) is 11.5 Å². The molecule has 0 aliphatic carbocycles. The molecule has 6 nitrogen and oxygen atoms in total. The summed E-state index contributed by atoms with van der Waals surface area (Å²) in [6, 6.07) is 4.75. The second-order valence-electron chi connectivity index (χ2n) is 4.41. The van der Waals surface area contributed by atoms with Crippen molar-refractivity contribution in [2.24, 2.45) is 0 Å². The highest BCUT2D eigenvalue weighted by Gasteiger charge is 2.20. The predicted octanol–water partition coefficient (Wildman–Crippen LogP) is 0.177. The van der Waals surface area contributed by atoms with E-state index in [0.29, 0.717) is 17.1 Å². The van der Waals surface area contributed by atoms with Gasteiger partial charge in [0.15, 0.2) is 11.5 Å². The van der Waals surface area contributed by atoms with Crippen LogP contribution in [-0.2, 0) is 0 Å². The molecule has 1 atom stereocenters. The molecule has 1 amide bonds. The molecule has 1 aromatic carbocycles. The first-order valence-corrected chi connectivity index (χ1v) is 5.77. The molecule has 0 aliphatic heterocycles. The summed E-state index contributed by atoms with van der Waals surface area (Å²) in [4.78, 5) is 11.9. The van der Waals surface area contributed by atoms with Crippen LogP contribution in [0, 0.1) is 0 Å². The van der Waals surface area contributed by atoms with Gasteiger partial charge in [0.1, 0.15) is 5.60 Å². The Morgan fingerprint density at radius 3 is 2.47 bits per heavy atom. The molecule has 1 unspecified atom stereocenters. The smallest absolute Gasteiger partial charge is 0.251 e. The number of aliphatic hydroxyl groups excluding tert-OH is 1. The van der Waals surface area contributed by atoms with E-state index in [4.69, 9.17) is 14.6 Å². The van der Waals surface area contributed by atoms with Crippen LogP contribution in [0.5, 0.6) is 11.5 Å². The van der Waals surface area contributed by atoms with E-state index < -0.39 is 12.2 Å². The van der Waals surface area contributed by atoms with Gasteiger partial charge in [-0.15, -0.1) is 0 Å². The standard InChI is InChI=1S/C13H19NO5/c1-13(17,8-15)7-14-12(16)9-4-5-10(18-2)11(6-9)19-3/h4-6,15,17H,7-8H2,1-3H3,(H,14,16). The van der Waals surface area contributed by atoms with E-state index >= 15 is 0 Å². The first-order valence-electron chi connectivity index (χ1n) is 5.77. The topological polar surface area (TPSA) is 88.0 Å². The van der Waals surface area contributed by atoms with Crippen molar-refractivity contribution in [1.82, 2.24) is 5.32 Å². The fraction of sp³-hybridized carbons (Fsp3) is 0.462. The van der Waals surface area contributed by atoms with Gasteiger partial charge in [-0.1, -0.05) is 0 Å². The number of ether oxygens (including phenoxy) is 2. The average molecular weight is 269 g/mol. The molecule has 0 aliphatic rings. The number of benzene rings is 1. The van der Waals surface area contributed by atoms with Gasteiger partial charge < -0.3 is 25.0 Å². The Hall–Kier alpha value is -1.79. The van der Waals surface area contributed by atoms with E-state index in [9.17, 15) is 9.90 Å². The zero-order valence-electron chi connectivity index (χ0n) is 11.3. The first-order chi connectivity index (χ1) is 8.93. The molecule has 19 heavy (non-hydrogen) atoms. The summed E-state index contributed by atoms with van der Waals surface area (Å²) in [5.74, 6) is 0.611. The molecule has 0 saturated heterocycles. The van der Waals surface area contributed by atoms with Crippen molar-refractivity contribution in [2.45, 2.75) is 12.5 Å². The number of rotatable bonds is 6. The molecule has 3 N–H and O–H groups in total. The maximum absolute atomic E-state index is 11.9. The highest BCUT2D eigenvalue weighted by molar-refractivity contribution is 5.94. The van der Waals surface area contributed by atoms with Gasteiger partial charge in [0.25, 0.3) is 5.91 Å². The maximum Gasteiger partial charge on any atom is 0.251 e. The lowest BCUT2D eigenvalue weighted by Crippen LogP contribution is -2.43. The fourth-order valence-electron chi connectivity index (χ4n) is 1.41. The molecule has 0 spiro atoms. The number of aliphatic hydroxyl groups is 2. The minimum Gasteiger partial charge on any atom is -0.493 e. The highest BCUT2D eigenvalue weighted by Crippen LogP contribution is 2.27. The third-order valence-corrected chi connectivity index (χ3v) is 2.62. The van der Waals surface area contributed by atoms with E-state index in [1.54, 1.807) is 18.2 Å². The summed E-state index contributed by atoms with van der Waals surface area (Å²) in [6.45, 7) is 0.956. The summed E-state index contributed by atoms with van der Waals surface area (Å²) in [5, 5.41) is 21.0. The fourth-order valence-corrected chi connectivity index (χ4v) is 1.41. The van der Waals surface area contributed by atoms with Crippen molar-refractivity contribution >= 4 is 5.91 Å². The van der Waals surface area contributed by atoms with Gasteiger partial charge >= 0.3 is 0 Å². The molecule has 0 bridgehead atoms. The summed E-state index contributed by atoms with van der Waals surface area (Å²) < 4.78 is 10.2. The molecule has 0 radical (unpaired) electrons. The highest BCUT2D eigenvalue weighted by atomic mass is 16.5. The molecule has 0 heterocycles. The summed E-state index contributed by atoms with van der Waals surface area (Å²) in [7, 11) is 2.99. The van der Waals surface area contributed by atoms with Crippen LogP contribution in [0.1, 0.15) is 17.3 Å². The Morgan fingerprint density at radius 1 is 1.32 bits per heavy atom. The van der Waals surface area contributed by atoms with Crippen LogP contribution in [0.2, 0.25) is 0 Å². The monoisotopic (exact) mass is 269 g/mol. The normalized spacial score (nSPS) is 13.5. The number of amides is 1. The van der Waals surface area contributed by atoms with Crippen LogP contribution in [0.15, 0.2) is 18.2 Å². The zero-order valence-corrected chi connectivity index (χ0v) is 11.3. The maximum atomic E-state index is 11.9. The predicted molar refractivity (Wildman–Crippen MR) is 69.6 cm³/mol. The van der Waals surface area contributed by atoms with Gasteiger partial charge in [0, 0.05) is 12.1 Å². The number of hydrogen-bond donors (Lipinski definition) is 3. The third-order valence-electron chi connectivity index (χ3n) is 2.62. The summed E-state index contributed by atoms with van der Waals surface area (Å²) in [5.41, 5.74) is -0.960. The van der Waals surface area contributed by atoms with Gasteiger partial charge in [-0.2, -0.15) is 0 Å². The lowest BCUT2D eigenvalue weighted by molar-refractivity contribution is 0.00320. The molecule has 106 valence electrons. The molecular formula is C13H19NO5. The summed E-state index contributed by atoms with van der Waals surface area (Å²) in [6.07, 6.45) is 0. The molecule has 6 heteroatoms. The van der Waals surface area contributed by atoms with Crippen molar-refractivity contribution in [3.05, 3.63) is 23.8 Å². The Kier molecular flexibility index (Phi) is 5.14. The van der Waals surface area contributed by atoms with Gasteiger partial charge in [-0.3, -0.25) is 4.79 Å². The molecule has 0 aromatic heterocycles. The second kappa shape index (κ2) is 6.40. The van der Waals surface area contributed by atoms with Crippen LogP contribution in [0.4, 0.5) is 0 Å². The first kappa shape index (κ1) is 15.3. The average Bonchev–Trinajstić information content (AvgIpc) is 2.44. The van der Waals surface area contributed by atoms with Crippen molar-refractivity contribution < 1.29 is 24.5 Å². The van der Waals surface area contributed by atoms with E-state index in [-0.39, 0.29) is 12.5 Å². The zero-order chi connectivity index (χ0) is 14.5. The van der Waals surface area contributed by atoms with Gasteiger partial charge in [-0.25, -0.2) is 0 Å². The van der Waals surface area contributed by atoms with Crippen molar-refractivity contribution in [1.29, 1.82) is 0 Å². The van der Waals surface area contributed by atoms with E-state index in [1.807, 2.05) is 0 Å². The van der Waals surface area contributed by atoms with Crippen molar-refractivity contribution in [2.75, 3.05) is 27.4 Å². The molecule has 1 aromatic rings. The Bertz CT molecular complexity index is 445. The number of carbonyl (C=O) groups excluding carboxylic acids is 1. The van der Waals surface area contributed by atoms with Gasteiger partial charge in [0.05, 0.1) is 20.8 Å². The summed E-state index contributed by atoms with van der Waals surface area (Å²) >= 11 is 0. The number of methoxy groups -OCH3 is 2. The Morgan fingerprint density at radius 2 is 1.95 bits per heavy atom. The van der Waals surface area contributed by atoms with Crippen LogP contribution < -0.4 is 14.8 Å². The third kappa shape index (κ3) is 4.11. The minimum absolute atomic E-state index is 0.0450. The number of carbonyl (C=O) groups is 1. The lowest BCUT2D eigenvalue weighted by Gasteiger charge is -2.20. The SMILES string of the molecule is COc1ccc(C(=O)NCC(C)(O)CO)cc1OC. The number of hydrogen-bond acceptors (Lipinski definition) is 5. The van der Waals surface area contributed by atoms with Crippen LogP contribution in [0.3, 0.4) is 0 Å². The molecular weight excluding hydrogens is 250 g/mol. The van der Waals surface area contributed by atoms with Crippen LogP contribution in [0.25, 0.3) is 0 Å². The lowest BCUT2D eigenvalue weighted by atomic mass is 10.1. The molecule has 0 saturated carbocycles. The Balaban J connectivity index is 2.78. The van der Waals surface area contributed by atoms with Gasteiger partial charge in [-0.05, 0) is 25.1 Å². The largest absolute Gasteiger partial charge is 0.493 e. The number of nitrogens with one attached hydrogen (secondary N) is 1. The van der Waals surface area contributed by atoms with E-state index in [0.717, 1.165) is 0 Å². The van der Waals surface area contributed by atoms with Gasteiger partial charge in [0.2, 0.25) is 0 Å². The Labute approximate surface area is 112 Å².